The molecule has 2 aromatic rings. The highest BCUT2D eigenvalue weighted by Gasteiger charge is 2.29. The number of rotatable bonds is 2. The molecular formula is C10H6F3IN2O. The van der Waals surface area contributed by atoms with Gasteiger partial charge in [0.25, 0.3) is 0 Å². The predicted molar refractivity (Wildman–Crippen MR) is 61.3 cm³/mol. The van der Waals surface area contributed by atoms with Crippen LogP contribution in [0.1, 0.15) is 17.0 Å². The third kappa shape index (κ3) is 3.18. The van der Waals surface area contributed by atoms with E-state index in [-0.39, 0.29) is 0 Å². The van der Waals surface area contributed by atoms with Crippen LogP contribution in [0.15, 0.2) is 28.8 Å². The summed E-state index contributed by atoms with van der Waals surface area (Å²) in [5, 5.41) is 3.59. The minimum Gasteiger partial charge on any atom is -0.338 e. The van der Waals surface area contributed by atoms with Crippen molar-refractivity contribution in [2.75, 3.05) is 0 Å². The zero-order valence-corrected chi connectivity index (χ0v) is 10.5. The average molecular weight is 354 g/mol. The number of halogens is 4. The molecule has 0 radical (unpaired) electrons. The topological polar surface area (TPSA) is 38.9 Å². The van der Waals surface area contributed by atoms with Crippen LogP contribution in [0.25, 0.3) is 0 Å². The molecule has 0 aliphatic carbocycles. The summed E-state index contributed by atoms with van der Waals surface area (Å²) in [6, 6.07) is 4.88. The number of alkyl halides is 3. The smallest absolute Gasteiger partial charge is 0.338 e. The molecule has 0 unspecified atom stereocenters. The van der Waals surface area contributed by atoms with Gasteiger partial charge in [-0.1, -0.05) is 17.3 Å². The summed E-state index contributed by atoms with van der Waals surface area (Å²) >= 11 is 1.89. The summed E-state index contributed by atoms with van der Waals surface area (Å²) in [7, 11) is 0. The second kappa shape index (κ2) is 4.63. The van der Waals surface area contributed by atoms with Crippen molar-refractivity contribution in [1.82, 2.24) is 10.1 Å². The Bertz CT molecular complexity index is 507. The van der Waals surface area contributed by atoms with E-state index in [2.05, 4.69) is 10.1 Å². The Kier molecular flexibility index (Phi) is 3.36. The van der Waals surface area contributed by atoms with Gasteiger partial charge < -0.3 is 4.52 Å². The van der Waals surface area contributed by atoms with Crippen LogP contribution >= 0.6 is 22.6 Å². The Morgan fingerprint density at radius 2 is 1.82 bits per heavy atom. The molecule has 0 atom stereocenters. The molecule has 0 amide bonds. The molecule has 2 rings (SSSR count). The molecule has 0 fully saturated rings. The average Bonchev–Trinajstić information content (AvgIpc) is 2.63. The molecule has 7 heteroatoms. The minimum absolute atomic E-state index is 0.328. The first-order valence-corrected chi connectivity index (χ1v) is 5.67. The summed E-state index contributed by atoms with van der Waals surface area (Å²) in [6.45, 7) is 0. The summed E-state index contributed by atoms with van der Waals surface area (Å²) < 4.78 is 42.3. The Hall–Kier alpha value is -1.12. The third-order valence-electron chi connectivity index (χ3n) is 2.08. The maximum absolute atomic E-state index is 12.3. The summed E-state index contributed by atoms with van der Waals surface area (Å²) in [4.78, 5) is 3.96. The van der Waals surface area contributed by atoms with E-state index in [4.69, 9.17) is 4.52 Å². The molecule has 1 aromatic heterocycles. The van der Waals surface area contributed by atoms with Crippen LogP contribution < -0.4 is 0 Å². The number of hydrogen-bond donors (Lipinski definition) is 0. The SMILES string of the molecule is FC(F)(F)c1ccc(Cc2nc(I)no2)cc1. The van der Waals surface area contributed by atoms with Crippen LogP contribution in [0.3, 0.4) is 0 Å². The molecule has 0 bridgehead atoms. The van der Waals surface area contributed by atoms with Gasteiger partial charge in [0.15, 0.2) is 0 Å². The molecule has 0 saturated carbocycles. The second-order valence-corrected chi connectivity index (χ2v) is 4.29. The molecule has 0 saturated heterocycles. The van der Waals surface area contributed by atoms with Gasteiger partial charge in [-0.2, -0.15) is 18.2 Å². The van der Waals surface area contributed by atoms with E-state index in [1.807, 2.05) is 22.6 Å². The zero-order valence-electron chi connectivity index (χ0n) is 8.33. The van der Waals surface area contributed by atoms with Crippen molar-refractivity contribution in [2.45, 2.75) is 12.6 Å². The normalized spacial score (nSPS) is 11.8. The largest absolute Gasteiger partial charge is 0.416 e. The molecular weight excluding hydrogens is 348 g/mol. The third-order valence-corrected chi connectivity index (χ3v) is 2.52. The minimum atomic E-state index is -4.31. The first-order valence-electron chi connectivity index (χ1n) is 4.59. The molecule has 0 spiro atoms. The number of hydrogen-bond acceptors (Lipinski definition) is 3. The van der Waals surface area contributed by atoms with Crippen LogP contribution in [-0.2, 0) is 12.6 Å². The van der Waals surface area contributed by atoms with E-state index in [0.29, 0.717) is 21.7 Å². The molecule has 17 heavy (non-hydrogen) atoms. The molecule has 0 aliphatic rings. The summed E-state index contributed by atoms with van der Waals surface area (Å²) in [6.07, 6.45) is -3.98. The van der Waals surface area contributed by atoms with Crippen molar-refractivity contribution in [3.63, 3.8) is 0 Å². The maximum atomic E-state index is 12.3. The maximum Gasteiger partial charge on any atom is 0.416 e. The van der Waals surface area contributed by atoms with Crippen molar-refractivity contribution in [3.05, 3.63) is 45.1 Å². The lowest BCUT2D eigenvalue weighted by Crippen LogP contribution is -2.04. The molecule has 0 aliphatic heterocycles. The van der Waals surface area contributed by atoms with Gasteiger partial charge in [0.05, 0.1) is 12.0 Å². The van der Waals surface area contributed by atoms with Gasteiger partial charge in [-0.05, 0) is 17.7 Å². The van der Waals surface area contributed by atoms with Crippen LogP contribution in [0.2, 0.25) is 0 Å². The van der Waals surface area contributed by atoms with E-state index >= 15 is 0 Å². The Morgan fingerprint density at radius 3 is 2.29 bits per heavy atom. The van der Waals surface area contributed by atoms with Crippen LogP contribution in [0.4, 0.5) is 13.2 Å². The number of benzene rings is 1. The lowest BCUT2D eigenvalue weighted by Gasteiger charge is -2.06. The van der Waals surface area contributed by atoms with Gasteiger partial charge in [0.1, 0.15) is 0 Å². The summed E-state index contributed by atoms with van der Waals surface area (Å²) in [5.41, 5.74) is 0.0272. The fourth-order valence-electron chi connectivity index (χ4n) is 1.29. The van der Waals surface area contributed by atoms with E-state index in [1.165, 1.54) is 12.1 Å². The van der Waals surface area contributed by atoms with E-state index in [1.54, 1.807) is 0 Å². The Morgan fingerprint density at radius 1 is 1.18 bits per heavy atom. The van der Waals surface area contributed by atoms with Crippen molar-refractivity contribution in [1.29, 1.82) is 0 Å². The van der Waals surface area contributed by atoms with E-state index in [0.717, 1.165) is 12.1 Å². The lowest BCUT2D eigenvalue weighted by molar-refractivity contribution is -0.137. The van der Waals surface area contributed by atoms with Crippen molar-refractivity contribution < 1.29 is 17.7 Å². The number of nitrogens with zero attached hydrogens (tertiary/aromatic N) is 2. The lowest BCUT2D eigenvalue weighted by atomic mass is 10.1. The van der Waals surface area contributed by atoms with Crippen LogP contribution in [0.5, 0.6) is 0 Å². The fraction of sp³-hybridized carbons (Fsp3) is 0.200. The zero-order chi connectivity index (χ0) is 12.5. The van der Waals surface area contributed by atoms with E-state index < -0.39 is 11.7 Å². The molecule has 1 heterocycles. The van der Waals surface area contributed by atoms with Gasteiger partial charge in [-0.25, -0.2) is 0 Å². The van der Waals surface area contributed by atoms with Crippen molar-refractivity contribution in [2.24, 2.45) is 0 Å². The highest BCUT2D eigenvalue weighted by atomic mass is 127. The van der Waals surface area contributed by atoms with Gasteiger partial charge >= 0.3 is 6.18 Å². The van der Waals surface area contributed by atoms with Crippen molar-refractivity contribution in [3.8, 4) is 0 Å². The molecule has 0 N–H and O–H groups in total. The highest BCUT2D eigenvalue weighted by Crippen LogP contribution is 2.29. The first kappa shape index (κ1) is 12.3. The van der Waals surface area contributed by atoms with Gasteiger partial charge in [-0.3, -0.25) is 0 Å². The quantitative estimate of drug-likeness (QED) is 0.777. The van der Waals surface area contributed by atoms with Gasteiger partial charge in [0.2, 0.25) is 9.72 Å². The summed E-state index contributed by atoms with van der Waals surface area (Å²) in [5.74, 6) is 0.383. The van der Waals surface area contributed by atoms with E-state index in [9.17, 15) is 13.2 Å². The van der Waals surface area contributed by atoms with Crippen molar-refractivity contribution >= 4 is 22.6 Å². The first-order chi connectivity index (χ1) is 7.95. The fourth-order valence-corrected chi connectivity index (χ4v) is 1.66. The van der Waals surface area contributed by atoms with Crippen LogP contribution in [-0.4, -0.2) is 10.1 Å². The monoisotopic (exact) mass is 354 g/mol. The predicted octanol–water partition coefficient (Wildman–Crippen LogP) is 3.28. The Balaban J connectivity index is 2.13. The standard InChI is InChI=1S/C10H6F3IN2O/c11-10(12,13)7-3-1-6(2-4-7)5-8-15-9(14)16-17-8/h1-4H,5H2. The molecule has 1 aromatic carbocycles. The molecule has 3 nitrogen and oxygen atoms in total. The number of aromatic nitrogens is 2. The van der Waals surface area contributed by atoms with Crippen LogP contribution in [0, 0.1) is 3.83 Å². The van der Waals surface area contributed by atoms with Gasteiger partial charge in [-0.15, -0.1) is 0 Å². The Labute approximate surface area is 108 Å². The van der Waals surface area contributed by atoms with Gasteiger partial charge in [0, 0.05) is 22.6 Å². The molecule has 90 valence electrons. The second-order valence-electron chi connectivity index (χ2n) is 3.33. The highest BCUT2D eigenvalue weighted by molar-refractivity contribution is 14.1.